The van der Waals surface area contributed by atoms with Crippen LogP contribution in [0.4, 0.5) is 4.39 Å². The summed E-state index contributed by atoms with van der Waals surface area (Å²) in [6.07, 6.45) is 2.55. The van der Waals surface area contributed by atoms with Crippen molar-refractivity contribution in [1.82, 2.24) is 10.2 Å². The highest BCUT2D eigenvalue weighted by Crippen LogP contribution is 2.18. The molecule has 2 rings (SSSR count). The molecular formula is C15H23FN2. The van der Waals surface area contributed by atoms with Gasteiger partial charge in [-0.3, -0.25) is 0 Å². The Hall–Kier alpha value is -0.930. The van der Waals surface area contributed by atoms with E-state index < -0.39 is 0 Å². The average Bonchev–Trinajstić information content (AvgIpc) is 2.75. The van der Waals surface area contributed by atoms with Crippen molar-refractivity contribution in [1.29, 1.82) is 0 Å². The van der Waals surface area contributed by atoms with Crippen molar-refractivity contribution in [2.75, 3.05) is 20.1 Å². The third kappa shape index (κ3) is 3.09. The van der Waals surface area contributed by atoms with Crippen LogP contribution in [0.1, 0.15) is 36.9 Å². The third-order valence-electron chi connectivity index (χ3n) is 4.03. The Bertz CT molecular complexity index is 405. The second-order valence-corrected chi connectivity index (χ2v) is 5.42. The van der Waals surface area contributed by atoms with E-state index in [0.717, 1.165) is 12.1 Å². The first kappa shape index (κ1) is 13.5. The van der Waals surface area contributed by atoms with E-state index in [1.807, 2.05) is 12.1 Å². The average molecular weight is 250 g/mol. The number of benzene rings is 1. The molecule has 0 bridgehead atoms. The molecule has 1 aromatic carbocycles. The Balaban J connectivity index is 1.90. The van der Waals surface area contributed by atoms with Crippen LogP contribution in [-0.4, -0.2) is 31.1 Å². The first-order valence-corrected chi connectivity index (χ1v) is 6.77. The second-order valence-electron chi connectivity index (χ2n) is 5.42. The lowest BCUT2D eigenvalue weighted by molar-refractivity contribution is 0.293. The fraction of sp³-hybridized carbons (Fsp3) is 0.600. The van der Waals surface area contributed by atoms with Crippen molar-refractivity contribution < 1.29 is 4.39 Å². The number of nitrogens with one attached hydrogen (secondary N) is 1. The molecule has 1 fully saturated rings. The van der Waals surface area contributed by atoms with Gasteiger partial charge in [0.2, 0.25) is 0 Å². The zero-order valence-electron chi connectivity index (χ0n) is 11.5. The topological polar surface area (TPSA) is 15.3 Å². The van der Waals surface area contributed by atoms with Gasteiger partial charge >= 0.3 is 0 Å². The molecule has 2 atom stereocenters. The van der Waals surface area contributed by atoms with Crippen molar-refractivity contribution in [3.05, 3.63) is 35.1 Å². The van der Waals surface area contributed by atoms with E-state index in [4.69, 9.17) is 0 Å². The molecule has 0 amide bonds. The van der Waals surface area contributed by atoms with Gasteiger partial charge in [-0.2, -0.15) is 0 Å². The molecule has 1 aliphatic heterocycles. The highest BCUT2D eigenvalue weighted by Gasteiger charge is 2.21. The maximum atomic E-state index is 13.5. The lowest BCUT2D eigenvalue weighted by Gasteiger charge is -2.23. The van der Waals surface area contributed by atoms with Gasteiger partial charge in [0.05, 0.1) is 0 Å². The van der Waals surface area contributed by atoms with E-state index in [1.165, 1.54) is 19.4 Å². The number of nitrogens with zero attached hydrogens (tertiary/aromatic N) is 1. The van der Waals surface area contributed by atoms with Crippen LogP contribution in [-0.2, 0) is 0 Å². The molecule has 2 unspecified atom stereocenters. The Kier molecular flexibility index (Phi) is 4.36. The van der Waals surface area contributed by atoms with Crippen molar-refractivity contribution in [2.45, 2.75) is 38.8 Å². The predicted molar refractivity (Wildman–Crippen MR) is 73.2 cm³/mol. The maximum Gasteiger partial charge on any atom is 0.126 e. The smallest absolute Gasteiger partial charge is 0.126 e. The van der Waals surface area contributed by atoms with Crippen LogP contribution < -0.4 is 5.32 Å². The minimum atomic E-state index is -0.112. The van der Waals surface area contributed by atoms with Gasteiger partial charge in [0.15, 0.2) is 0 Å². The minimum Gasteiger partial charge on any atom is -0.309 e. The highest BCUT2D eigenvalue weighted by atomic mass is 19.1. The van der Waals surface area contributed by atoms with Gasteiger partial charge in [0.1, 0.15) is 5.82 Å². The minimum absolute atomic E-state index is 0.112. The SMILES string of the molecule is Cc1ccc(C(C)NCC2CCCN2C)cc1F. The quantitative estimate of drug-likeness (QED) is 0.884. The second kappa shape index (κ2) is 5.81. The molecule has 1 saturated heterocycles. The summed E-state index contributed by atoms with van der Waals surface area (Å²) in [5, 5.41) is 3.51. The van der Waals surface area contributed by atoms with E-state index in [-0.39, 0.29) is 11.9 Å². The molecular weight excluding hydrogens is 227 g/mol. The molecule has 1 heterocycles. The van der Waals surface area contributed by atoms with Gasteiger partial charge in [-0.05, 0) is 57.5 Å². The van der Waals surface area contributed by atoms with E-state index in [1.54, 1.807) is 13.0 Å². The molecule has 1 N–H and O–H groups in total. The standard InChI is InChI=1S/C15H23FN2/c1-11-6-7-13(9-15(11)16)12(2)17-10-14-5-4-8-18(14)3/h6-7,9,12,14,17H,4-5,8,10H2,1-3H3. The van der Waals surface area contributed by atoms with Gasteiger partial charge < -0.3 is 10.2 Å². The summed E-state index contributed by atoms with van der Waals surface area (Å²) in [7, 11) is 2.18. The lowest BCUT2D eigenvalue weighted by Crippen LogP contribution is -2.36. The molecule has 0 radical (unpaired) electrons. The first-order chi connectivity index (χ1) is 8.58. The number of hydrogen-bond acceptors (Lipinski definition) is 2. The van der Waals surface area contributed by atoms with E-state index in [2.05, 4.69) is 24.2 Å². The molecule has 1 aliphatic rings. The van der Waals surface area contributed by atoms with Gasteiger partial charge in [-0.25, -0.2) is 4.39 Å². The zero-order chi connectivity index (χ0) is 13.1. The molecule has 0 aromatic heterocycles. The predicted octanol–water partition coefficient (Wildman–Crippen LogP) is 2.88. The van der Waals surface area contributed by atoms with E-state index in [9.17, 15) is 4.39 Å². The highest BCUT2D eigenvalue weighted by molar-refractivity contribution is 5.25. The van der Waals surface area contributed by atoms with E-state index in [0.29, 0.717) is 11.6 Å². The van der Waals surface area contributed by atoms with Crippen molar-refractivity contribution in [3.63, 3.8) is 0 Å². The largest absolute Gasteiger partial charge is 0.309 e. The summed E-state index contributed by atoms with van der Waals surface area (Å²) in [5.74, 6) is -0.112. The van der Waals surface area contributed by atoms with Gasteiger partial charge in [0.25, 0.3) is 0 Å². The molecule has 100 valence electrons. The normalized spacial score (nSPS) is 22.3. The Morgan fingerprint density at radius 3 is 2.89 bits per heavy atom. The summed E-state index contributed by atoms with van der Waals surface area (Å²) >= 11 is 0. The summed E-state index contributed by atoms with van der Waals surface area (Å²) in [6.45, 7) is 6.07. The van der Waals surface area contributed by atoms with E-state index >= 15 is 0 Å². The number of aryl methyl sites for hydroxylation is 1. The summed E-state index contributed by atoms with van der Waals surface area (Å²) < 4.78 is 13.5. The Morgan fingerprint density at radius 2 is 2.28 bits per heavy atom. The van der Waals surface area contributed by atoms with Gasteiger partial charge in [-0.1, -0.05) is 12.1 Å². The molecule has 3 heteroatoms. The van der Waals surface area contributed by atoms with Crippen LogP contribution >= 0.6 is 0 Å². The molecule has 0 spiro atoms. The first-order valence-electron chi connectivity index (χ1n) is 6.77. The number of hydrogen-bond donors (Lipinski definition) is 1. The van der Waals surface area contributed by atoms with Gasteiger partial charge in [-0.15, -0.1) is 0 Å². The van der Waals surface area contributed by atoms with Crippen LogP contribution in [0.15, 0.2) is 18.2 Å². The fourth-order valence-electron chi connectivity index (χ4n) is 2.55. The van der Waals surface area contributed by atoms with Crippen LogP contribution in [0.5, 0.6) is 0 Å². The van der Waals surface area contributed by atoms with Crippen LogP contribution in [0, 0.1) is 12.7 Å². The van der Waals surface area contributed by atoms with Crippen LogP contribution in [0.3, 0.4) is 0 Å². The summed E-state index contributed by atoms with van der Waals surface area (Å²) in [5.41, 5.74) is 1.74. The fourth-order valence-corrected chi connectivity index (χ4v) is 2.55. The van der Waals surface area contributed by atoms with Crippen molar-refractivity contribution in [3.8, 4) is 0 Å². The summed E-state index contributed by atoms with van der Waals surface area (Å²) in [6, 6.07) is 6.33. The summed E-state index contributed by atoms with van der Waals surface area (Å²) in [4.78, 5) is 2.40. The monoisotopic (exact) mass is 250 g/mol. The van der Waals surface area contributed by atoms with Crippen LogP contribution in [0.2, 0.25) is 0 Å². The van der Waals surface area contributed by atoms with Gasteiger partial charge in [0, 0.05) is 18.6 Å². The number of likely N-dealkylation sites (N-methyl/N-ethyl adjacent to an activating group) is 1. The number of rotatable bonds is 4. The molecule has 1 aromatic rings. The Labute approximate surface area is 109 Å². The third-order valence-corrected chi connectivity index (χ3v) is 4.03. The van der Waals surface area contributed by atoms with Crippen molar-refractivity contribution >= 4 is 0 Å². The molecule has 18 heavy (non-hydrogen) atoms. The number of halogens is 1. The molecule has 2 nitrogen and oxygen atoms in total. The maximum absolute atomic E-state index is 13.5. The lowest BCUT2D eigenvalue weighted by atomic mass is 10.1. The number of likely N-dealkylation sites (tertiary alicyclic amines) is 1. The zero-order valence-corrected chi connectivity index (χ0v) is 11.5. The molecule has 0 saturated carbocycles. The van der Waals surface area contributed by atoms with Crippen LogP contribution in [0.25, 0.3) is 0 Å². The Morgan fingerprint density at radius 1 is 1.50 bits per heavy atom. The molecule has 0 aliphatic carbocycles. The van der Waals surface area contributed by atoms with Crippen molar-refractivity contribution in [2.24, 2.45) is 0 Å².